The van der Waals surface area contributed by atoms with Gasteiger partial charge in [0.1, 0.15) is 6.04 Å². The number of ether oxygens (including phenoxy) is 1. The number of nitrogens with zero attached hydrogens (tertiary/aromatic N) is 2. The van der Waals surface area contributed by atoms with Crippen LogP contribution in [-0.2, 0) is 24.0 Å². The highest BCUT2D eigenvalue weighted by molar-refractivity contribution is 5.90. The Labute approximate surface area is 239 Å². The zero-order valence-corrected chi connectivity index (χ0v) is 24.4. The van der Waals surface area contributed by atoms with Gasteiger partial charge in [-0.05, 0) is 56.9 Å². The van der Waals surface area contributed by atoms with Crippen LogP contribution in [0.25, 0.3) is 6.08 Å². The molecule has 1 aliphatic carbocycles. The lowest BCUT2D eigenvalue weighted by molar-refractivity contribution is -0.207. The Hall–Kier alpha value is -2.75. The fraction of sp³-hybridized carbons (Fsp3) is 0.645. The molecule has 1 aliphatic heterocycles. The van der Waals surface area contributed by atoms with E-state index in [4.69, 9.17) is 15.3 Å². The van der Waals surface area contributed by atoms with Crippen molar-refractivity contribution in [1.29, 1.82) is 0 Å². The van der Waals surface area contributed by atoms with Gasteiger partial charge in [0, 0.05) is 19.4 Å². The van der Waals surface area contributed by atoms with Gasteiger partial charge in [0.2, 0.25) is 5.91 Å². The molecule has 40 heavy (non-hydrogen) atoms. The number of hydrazine groups is 1. The maximum Gasteiger partial charge on any atom is 0.268 e. The van der Waals surface area contributed by atoms with Gasteiger partial charge in [0.25, 0.3) is 11.8 Å². The van der Waals surface area contributed by atoms with Gasteiger partial charge in [0.15, 0.2) is 6.29 Å². The number of carbonyl (C=O) groups excluding carboxylic acids is 3. The molecule has 9 heteroatoms. The molecule has 1 aromatic carbocycles. The van der Waals surface area contributed by atoms with E-state index in [2.05, 4.69) is 19.3 Å². The number of rotatable bonds is 12. The van der Waals surface area contributed by atoms with Gasteiger partial charge in [-0.1, -0.05) is 75.6 Å². The highest BCUT2D eigenvalue weighted by atomic mass is 16.8. The fourth-order valence-electron chi connectivity index (χ4n) is 5.18. The fourth-order valence-corrected chi connectivity index (χ4v) is 5.18. The third-order valence-electron chi connectivity index (χ3n) is 7.46. The summed E-state index contributed by atoms with van der Waals surface area (Å²) >= 11 is 0. The first-order chi connectivity index (χ1) is 19.3. The summed E-state index contributed by atoms with van der Waals surface area (Å²) in [6, 6.07) is 7.72. The molecule has 9 nitrogen and oxygen atoms in total. The smallest absolute Gasteiger partial charge is 0.268 e. The van der Waals surface area contributed by atoms with Crippen LogP contribution >= 0.6 is 0 Å². The van der Waals surface area contributed by atoms with Crippen LogP contribution in [0, 0.1) is 5.92 Å². The van der Waals surface area contributed by atoms with Crippen LogP contribution < -0.4 is 11.2 Å². The van der Waals surface area contributed by atoms with Crippen LogP contribution in [0.1, 0.15) is 97.0 Å². The molecular formula is C31H48N4O5. The SMILES string of the molecule is CC(C)CCC(=O)N([C@@H](CC=Cc1ccccc1)C(=O)NOC1CCCCO1)N(C(=O)[C@@H](C)N)C1CCCCC1. The lowest BCUT2D eigenvalue weighted by atomic mass is 9.94. The summed E-state index contributed by atoms with van der Waals surface area (Å²) in [7, 11) is 0. The van der Waals surface area contributed by atoms with E-state index in [9.17, 15) is 14.4 Å². The molecule has 0 aromatic heterocycles. The molecule has 1 saturated heterocycles. The van der Waals surface area contributed by atoms with E-state index < -0.39 is 24.3 Å². The molecule has 0 spiro atoms. The van der Waals surface area contributed by atoms with Gasteiger partial charge >= 0.3 is 0 Å². The Morgan fingerprint density at radius 1 is 1.05 bits per heavy atom. The van der Waals surface area contributed by atoms with E-state index >= 15 is 0 Å². The summed E-state index contributed by atoms with van der Waals surface area (Å²) in [5.74, 6) is -0.834. The Kier molecular flexibility index (Phi) is 13.1. The van der Waals surface area contributed by atoms with Gasteiger partial charge in [-0.3, -0.25) is 14.4 Å². The van der Waals surface area contributed by atoms with Crippen molar-refractivity contribution in [1.82, 2.24) is 15.5 Å². The molecule has 1 aromatic rings. The minimum absolute atomic E-state index is 0.193. The van der Waals surface area contributed by atoms with Crippen molar-refractivity contribution in [3.63, 3.8) is 0 Å². The minimum Gasteiger partial charge on any atom is -0.350 e. The van der Waals surface area contributed by atoms with Crippen LogP contribution in [0.3, 0.4) is 0 Å². The first-order valence-electron chi connectivity index (χ1n) is 15.0. The summed E-state index contributed by atoms with van der Waals surface area (Å²) in [6.45, 7) is 6.30. The highest BCUT2D eigenvalue weighted by Crippen LogP contribution is 2.28. The van der Waals surface area contributed by atoms with Crippen molar-refractivity contribution < 1.29 is 24.0 Å². The second kappa shape index (κ2) is 16.5. The second-order valence-corrected chi connectivity index (χ2v) is 11.4. The van der Waals surface area contributed by atoms with Crippen molar-refractivity contribution in [2.75, 3.05) is 6.61 Å². The summed E-state index contributed by atoms with van der Waals surface area (Å²) in [5, 5.41) is 2.92. The maximum absolute atomic E-state index is 14.0. The first kappa shape index (κ1) is 31.8. The quantitative estimate of drug-likeness (QED) is 0.360. The number of hydrogen-bond acceptors (Lipinski definition) is 6. The Morgan fingerprint density at radius 2 is 1.75 bits per heavy atom. The molecule has 1 heterocycles. The summed E-state index contributed by atoms with van der Waals surface area (Å²) in [6.07, 6.45) is 11.4. The van der Waals surface area contributed by atoms with Crippen molar-refractivity contribution in [3.05, 3.63) is 42.0 Å². The van der Waals surface area contributed by atoms with Crippen LogP contribution in [0.4, 0.5) is 0 Å². The van der Waals surface area contributed by atoms with Gasteiger partial charge in [-0.15, -0.1) is 0 Å². The van der Waals surface area contributed by atoms with E-state index in [-0.39, 0.29) is 36.6 Å². The molecule has 3 atom stereocenters. The van der Waals surface area contributed by atoms with E-state index in [1.165, 1.54) is 10.0 Å². The van der Waals surface area contributed by atoms with Crippen molar-refractivity contribution in [3.8, 4) is 0 Å². The zero-order chi connectivity index (χ0) is 28.9. The van der Waals surface area contributed by atoms with E-state index in [0.717, 1.165) is 50.5 Å². The summed E-state index contributed by atoms with van der Waals surface area (Å²) < 4.78 is 5.62. The summed E-state index contributed by atoms with van der Waals surface area (Å²) in [5.41, 5.74) is 9.67. The molecule has 222 valence electrons. The lowest BCUT2D eigenvalue weighted by Gasteiger charge is -2.45. The van der Waals surface area contributed by atoms with Crippen LogP contribution in [-0.4, -0.2) is 58.8 Å². The van der Waals surface area contributed by atoms with Crippen molar-refractivity contribution in [2.45, 2.75) is 116 Å². The predicted molar refractivity (Wildman–Crippen MR) is 155 cm³/mol. The predicted octanol–water partition coefficient (Wildman–Crippen LogP) is 4.72. The largest absolute Gasteiger partial charge is 0.350 e. The maximum atomic E-state index is 14.0. The Balaban J connectivity index is 1.96. The molecule has 3 N–H and O–H groups in total. The lowest BCUT2D eigenvalue weighted by Crippen LogP contribution is -2.64. The topological polar surface area (TPSA) is 114 Å². The highest BCUT2D eigenvalue weighted by Gasteiger charge is 2.41. The summed E-state index contributed by atoms with van der Waals surface area (Å²) in [4.78, 5) is 47.1. The molecule has 2 fully saturated rings. The monoisotopic (exact) mass is 556 g/mol. The molecule has 0 bridgehead atoms. The molecule has 2 aliphatic rings. The Bertz CT molecular complexity index is 956. The molecule has 0 radical (unpaired) electrons. The molecule has 3 amide bonds. The second-order valence-electron chi connectivity index (χ2n) is 11.4. The zero-order valence-electron chi connectivity index (χ0n) is 24.4. The number of benzene rings is 1. The van der Waals surface area contributed by atoms with E-state index in [1.807, 2.05) is 42.5 Å². The van der Waals surface area contributed by atoms with Gasteiger partial charge in [0.05, 0.1) is 12.1 Å². The van der Waals surface area contributed by atoms with Crippen LogP contribution in [0.5, 0.6) is 0 Å². The molecule has 1 unspecified atom stereocenters. The Morgan fingerprint density at radius 3 is 2.38 bits per heavy atom. The third kappa shape index (κ3) is 9.71. The first-order valence-corrected chi connectivity index (χ1v) is 15.0. The van der Waals surface area contributed by atoms with Crippen LogP contribution in [0.2, 0.25) is 0 Å². The average Bonchev–Trinajstić information content (AvgIpc) is 2.97. The number of hydrogen-bond donors (Lipinski definition) is 2. The van der Waals surface area contributed by atoms with E-state index in [0.29, 0.717) is 19.4 Å². The molecule has 3 rings (SSSR count). The van der Waals surface area contributed by atoms with Crippen molar-refractivity contribution in [2.24, 2.45) is 11.7 Å². The standard InChI is InChI=1S/C31H48N4O5/c1-23(2)20-21-28(36)35(34(31(38)24(3)32)26-16-8-5-9-17-26)27(18-12-15-25-13-6-4-7-14-25)30(37)33-40-29-19-10-11-22-39-29/h4,6-7,12-15,23-24,26-27,29H,5,8-11,16-22,32H2,1-3H3,(H,33,37)/t24-,27+,29?/m1/s1. The minimum atomic E-state index is -1.01. The number of nitrogens with two attached hydrogens (primary N) is 1. The van der Waals surface area contributed by atoms with Crippen molar-refractivity contribution >= 4 is 23.8 Å². The number of hydroxylamine groups is 1. The average molecular weight is 557 g/mol. The normalized spacial score (nSPS) is 19.8. The number of amides is 3. The molecule has 1 saturated carbocycles. The van der Waals surface area contributed by atoms with Crippen LogP contribution in [0.15, 0.2) is 36.4 Å². The van der Waals surface area contributed by atoms with E-state index in [1.54, 1.807) is 6.92 Å². The molecular weight excluding hydrogens is 508 g/mol. The van der Waals surface area contributed by atoms with Gasteiger partial charge < -0.3 is 10.5 Å². The number of carbonyl (C=O) groups is 3. The van der Waals surface area contributed by atoms with Gasteiger partial charge in [-0.25, -0.2) is 20.3 Å². The third-order valence-corrected chi connectivity index (χ3v) is 7.46. The number of nitrogens with one attached hydrogen (secondary N) is 1. The van der Waals surface area contributed by atoms with Gasteiger partial charge in [-0.2, -0.15) is 0 Å².